The van der Waals surface area contributed by atoms with Gasteiger partial charge in [-0.1, -0.05) is 45.8 Å². The van der Waals surface area contributed by atoms with Crippen LogP contribution in [0.1, 0.15) is 152 Å². The van der Waals surface area contributed by atoms with Gasteiger partial charge in [0.1, 0.15) is 23.9 Å². The normalized spacial score (nSPS) is 46.7. The minimum atomic E-state index is -2.04. The molecule has 63 heavy (non-hydrogen) atoms. The van der Waals surface area contributed by atoms with Crippen molar-refractivity contribution in [2.75, 3.05) is 14.1 Å². The van der Waals surface area contributed by atoms with Crippen LogP contribution in [0.4, 0.5) is 0 Å². The van der Waals surface area contributed by atoms with Gasteiger partial charge in [0.25, 0.3) is 0 Å². The van der Waals surface area contributed by atoms with Gasteiger partial charge >= 0.3 is 5.97 Å². The summed E-state index contributed by atoms with van der Waals surface area (Å²) in [5, 5.41) is 69.4. The number of rotatable bonds is 6. The number of fused-ring (bicyclic) bond motifs is 3. The number of ether oxygens (including phenoxy) is 6. The van der Waals surface area contributed by atoms with Crippen molar-refractivity contribution in [3.05, 3.63) is 24.3 Å². The Morgan fingerprint density at radius 1 is 0.857 bits per heavy atom. The Bertz CT molecular complexity index is 1500. The second-order valence-electron chi connectivity index (χ2n) is 21.2. The van der Waals surface area contributed by atoms with E-state index in [0.29, 0.717) is 44.9 Å². The van der Waals surface area contributed by atoms with Gasteiger partial charge in [-0.05, 0) is 119 Å². The van der Waals surface area contributed by atoms with Gasteiger partial charge < -0.3 is 64.0 Å². The number of allylic oxidation sites excluding steroid dienone is 1. The van der Waals surface area contributed by atoms with Gasteiger partial charge in [0.2, 0.25) is 0 Å². The molecule has 0 amide bonds. The predicted octanol–water partition coefficient (Wildman–Crippen LogP) is 5.46. The van der Waals surface area contributed by atoms with Crippen molar-refractivity contribution in [1.82, 2.24) is 4.90 Å². The summed E-state index contributed by atoms with van der Waals surface area (Å²) in [5.74, 6) is -2.98. The van der Waals surface area contributed by atoms with E-state index >= 15 is 0 Å². The number of hydrogen-bond donors (Lipinski definition) is 6. The number of carbonyl (C=O) groups excluding carboxylic acids is 1. The molecule has 0 saturated carbocycles. The summed E-state index contributed by atoms with van der Waals surface area (Å²) < 4.78 is 39.2. The first kappa shape index (κ1) is 52.4. The summed E-state index contributed by atoms with van der Waals surface area (Å²) in [7, 11) is 3.96. The molecule has 5 rings (SSSR count). The van der Waals surface area contributed by atoms with E-state index < -0.39 is 71.8 Å². The lowest BCUT2D eigenvalue weighted by atomic mass is 9.79. The molecule has 5 aliphatic heterocycles. The summed E-state index contributed by atoms with van der Waals surface area (Å²) in [5.41, 5.74) is -4.07. The molecule has 2 bridgehead atoms. The second-order valence-corrected chi connectivity index (χ2v) is 21.2. The first-order valence-corrected chi connectivity index (χ1v) is 24.2. The zero-order chi connectivity index (χ0) is 46.5. The average Bonchev–Trinajstić information content (AvgIpc) is 3.50. The lowest BCUT2D eigenvalue weighted by molar-refractivity contribution is -0.342. The van der Waals surface area contributed by atoms with E-state index in [1.165, 1.54) is 26.8 Å². The number of aliphatic hydroxyl groups excluding tert-OH is 4. The van der Waals surface area contributed by atoms with Gasteiger partial charge in [-0.15, -0.1) is 0 Å². The molecule has 5 heterocycles. The molecule has 4 fully saturated rings. The van der Waals surface area contributed by atoms with Crippen molar-refractivity contribution in [3.8, 4) is 0 Å². The van der Waals surface area contributed by atoms with E-state index in [9.17, 15) is 35.4 Å². The number of esters is 1. The first-order valence-electron chi connectivity index (χ1n) is 24.2. The van der Waals surface area contributed by atoms with Crippen molar-refractivity contribution < 1.29 is 63.9 Å². The highest BCUT2D eigenvalue weighted by molar-refractivity contribution is 5.82. The summed E-state index contributed by atoms with van der Waals surface area (Å²) in [4.78, 5) is 15.8. The minimum Gasteiger partial charge on any atom is -0.459 e. The van der Waals surface area contributed by atoms with Crippen LogP contribution in [0.25, 0.3) is 0 Å². The molecule has 0 radical (unpaired) electrons. The lowest BCUT2D eigenvalue weighted by Crippen LogP contribution is -2.58. The molecule has 5 aliphatic rings. The van der Waals surface area contributed by atoms with Crippen molar-refractivity contribution in [2.24, 2.45) is 17.8 Å². The standard InChI is InChI=1S/C49H85NO13/c1-11-34(51)26-35-19-17-24-49(61-35)29-39-30(2)37(63-49)27-38-33(28-46(5,6)62-38)18-15-13-12-14-16-23-47(7,56)45(55)43(60-41-21-20-36(50(9)10)32(4)58-41)42(53)31(3)44(54)48(8,57)25-22-40(52)59-39/h15,18,22,25,30-39,41-45,51,53-57H,11-14,16-17,19-21,23-24,26-29H2,1-10H3/b18-15+,25-22-/t30-,31-,32+,33-,34-,35-,36+,37+,38?,39+,41+,42-,43+,44+,45-,47-,48-,49-/m1/s1. The van der Waals surface area contributed by atoms with Gasteiger partial charge in [0.05, 0.1) is 53.9 Å². The largest absolute Gasteiger partial charge is 0.459 e. The van der Waals surface area contributed by atoms with Crippen molar-refractivity contribution >= 4 is 5.97 Å². The fourth-order valence-electron chi connectivity index (χ4n) is 10.8. The van der Waals surface area contributed by atoms with E-state index in [1.54, 1.807) is 0 Å². The fraction of sp³-hybridized carbons (Fsp3) is 0.898. The van der Waals surface area contributed by atoms with E-state index in [4.69, 9.17) is 28.4 Å². The van der Waals surface area contributed by atoms with Crippen molar-refractivity contribution in [3.63, 3.8) is 0 Å². The SMILES string of the molecule is CC[C@@H](O)C[C@H]1CCC[C@@]2(C[C@@H]3OC(=O)/C=C\[C@@](C)(O)[C@@H](O)[C@H](C)[C@@H](O)[C@H](O[C@H]4CC[C@H](N(C)C)[C@H](C)O4)[C@@H](O)[C@](C)(O)CCCCC/C=C/[C@@H]4CC(C)(C)OC4C[C@H](O2)[C@H]3C)O1. The van der Waals surface area contributed by atoms with Gasteiger partial charge in [-0.3, -0.25) is 0 Å². The number of likely N-dealkylation sites (N-methyl/N-ethyl adjacent to an activating group) is 1. The monoisotopic (exact) mass is 896 g/mol. The minimum absolute atomic E-state index is 0.128. The van der Waals surface area contributed by atoms with Gasteiger partial charge in [0, 0.05) is 49.1 Å². The Morgan fingerprint density at radius 2 is 1.59 bits per heavy atom. The molecule has 14 nitrogen and oxygen atoms in total. The third kappa shape index (κ3) is 13.8. The maximum Gasteiger partial charge on any atom is 0.330 e. The van der Waals surface area contributed by atoms with Crippen LogP contribution in [0.2, 0.25) is 0 Å². The van der Waals surface area contributed by atoms with Gasteiger partial charge in [-0.2, -0.15) is 0 Å². The highest BCUT2D eigenvalue weighted by Gasteiger charge is 2.53. The van der Waals surface area contributed by atoms with Crippen LogP contribution in [-0.2, 0) is 33.2 Å². The molecule has 1 spiro atoms. The Labute approximate surface area is 377 Å². The fourth-order valence-corrected chi connectivity index (χ4v) is 10.8. The maximum absolute atomic E-state index is 13.7. The molecule has 0 aliphatic carbocycles. The van der Waals surface area contributed by atoms with Crippen molar-refractivity contribution in [2.45, 2.75) is 248 Å². The van der Waals surface area contributed by atoms with Crippen LogP contribution < -0.4 is 0 Å². The van der Waals surface area contributed by atoms with Crippen LogP contribution in [0, 0.1) is 17.8 Å². The summed E-state index contributed by atoms with van der Waals surface area (Å²) in [6.45, 7) is 14.5. The molecule has 1 unspecified atom stereocenters. The highest BCUT2D eigenvalue weighted by atomic mass is 16.7. The van der Waals surface area contributed by atoms with Crippen LogP contribution in [0.3, 0.4) is 0 Å². The number of carbonyl (C=O) groups is 1. The molecule has 0 aromatic carbocycles. The first-order chi connectivity index (χ1) is 29.5. The molecule has 18 atom stereocenters. The molecule has 0 aromatic rings. The quantitative estimate of drug-likeness (QED) is 0.145. The van der Waals surface area contributed by atoms with Crippen LogP contribution in [0.5, 0.6) is 0 Å². The molecule has 6 N–H and O–H groups in total. The van der Waals surface area contributed by atoms with Crippen LogP contribution >= 0.6 is 0 Å². The number of hydrogen-bond acceptors (Lipinski definition) is 14. The van der Waals surface area contributed by atoms with Crippen LogP contribution in [0.15, 0.2) is 24.3 Å². The zero-order valence-corrected chi connectivity index (χ0v) is 40.1. The Balaban J connectivity index is 1.43. The number of aliphatic hydroxyl groups is 6. The van der Waals surface area contributed by atoms with E-state index in [0.717, 1.165) is 51.0 Å². The molecular weight excluding hydrogens is 811 g/mol. The smallest absolute Gasteiger partial charge is 0.330 e. The molecule has 0 aromatic heterocycles. The maximum atomic E-state index is 13.7. The summed E-state index contributed by atoms with van der Waals surface area (Å²) >= 11 is 0. The van der Waals surface area contributed by atoms with Gasteiger partial charge in [-0.25, -0.2) is 4.79 Å². The van der Waals surface area contributed by atoms with Gasteiger partial charge in [0.15, 0.2) is 12.1 Å². The summed E-state index contributed by atoms with van der Waals surface area (Å²) in [6, 6.07) is 0.142. The number of nitrogens with zero attached hydrogens (tertiary/aromatic N) is 1. The summed E-state index contributed by atoms with van der Waals surface area (Å²) in [6.07, 6.45) is 7.22. The lowest BCUT2D eigenvalue weighted by Gasteiger charge is -2.51. The predicted molar refractivity (Wildman–Crippen MR) is 238 cm³/mol. The van der Waals surface area contributed by atoms with E-state index in [-0.39, 0.29) is 54.3 Å². The molecular formula is C49H85NO13. The zero-order valence-electron chi connectivity index (χ0n) is 40.1. The van der Waals surface area contributed by atoms with Crippen molar-refractivity contribution in [1.29, 1.82) is 0 Å². The van der Waals surface area contributed by atoms with E-state index in [2.05, 4.69) is 30.9 Å². The average molecular weight is 896 g/mol. The Kier molecular flexibility index (Phi) is 18.4. The topological polar surface area (TPSA) is 197 Å². The third-order valence-corrected chi connectivity index (χ3v) is 14.9. The third-order valence-electron chi connectivity index (χ3n) is 14.9. The molecule has 364 valence electrons. The van der Waals surface area contributed by atoms with Crippen LogP contribution in [-0.4, -0.2) is 152 Å². The molecule has 4 saturated heterocycles. The Morgan fingerprint density at radius 3 is 2.27 bits per heavy atom. The molecule has 14 heteroatoms. The van der Waals surface area contributed by atoms with E-state index in [1.807, 2.05) is 34.9 Å². The second kappa shape index (κ2) is 22.1. The Hall–Kier alpha value is -1.53. The highest BCUT2D eigenvalue weighted by Crippen LogP contribution is 2.47.